The fraction of sp³-hybridized carbons (Fsp3) is 0.700. The van der Waals surface area contributed by atoms with Gasteiger partial charge in [-0.05, 0) is 26.2 Å². The molecule has 0 aliphatic heterocycles. The normalized spacial score (nSPS) is 24.8. The second-order valence-electron chi connectivity index (χ2n) is 3.05. The summed E-state index contributed by atoms with van der Waals surface area (Å²) in [4.78, 5) is 0. The molecule has 0 spiro atoms. The summed E-state index contributed by atoms with van der Waals surface area (Å²) in [6, 6.07) is 2.22. The Hall–Kier alpha value is -0.810. The van der Waals surface area contributed by atoms with Crippen LogP contribution in [0.2, 0.25) is 0 Å². The third-order valence-electron chi connectivity index (χ3n) is 2.21. The van der Waals surface area contributed by atoms with Gasteiger partial charge < -0.3 is 4.74 Å². The highest BCUT2D eigenvalue weighted by atomic mass is 16.5. The van der Waals surface area contributed by atoms with Crippen molar-refractivity contribution >= 4 is 0 Å². The smallest absolute Gasteiger partial charge is 0.147 e. The summed E-state index contributed by atoms with van der Waals surface area (Å²) in [5.74, 6) is 0.417. The molecule has 2 nitrogen and oxygen atoms in total. The van der Waals surface area contributed by atoms with Crippen molar-refractivity contribution in [1.29, 1.82) is 5.26 Å². The van der Waals surface area contributed by atoms with Gasteiger partial charge in [0.15, 0.2) is 0 Å². The van der Waals surface area contributed by atoms with Crippen LogP contribution < -0.4 is 0 Å². The Morgan fingerprint density at radius 1 is 1.67 bits per heavy atom. The molecular formula is C10H15NO. The van der Waals surface area contributed by atoms with Crippen LogP contribution in [0.15, 0.2) is 12.2 Å². The molecule has 2 heteroatoms. The molecule has 0 bridgehead atoms. The van der Waals surface area contributed by atoms with Crippen molar-refractivity contribution in [2.45, 2.75) is 32.3 Å². The van der Waals surface area contributed by atoms with E-state index in [4.69, 9.17) is 10.00 Å². The first-order chi connectivity index (χ1) is 5.88. The minimum absolute atomic E-state index is 0.194. The number of rotatable bonds is 3. The fourth-order valence-electron chi connectivity index (χ4n) is 1.55. The molecule has 0 saturated heterocycles. The van der Waals surface area contributed by atoms with Crippen molar-refractivity contribution in [3.05, 3.63) is 12.2 Å². The number of nitriles is 1. The van der Waals surface area contributed by atoms with Gasteiger partial charge in [0.05, 0.1) is 6.07 Å². The van der Waals surface area contributed by atoms with Crippen LogP contribution in [0.25, 0.3) is 0 Å². The molecule has 0 amide bonds. The minimum Gasteiger partial charge on any atom is -0.363 e. The molecule has 0 N–H and O–H groups in total. The fourth-order valence-corrected chi connectivity index (χ4v) is 1.55. The van der Waals surface area contributed by atoms with Gasteiger partial charge in [0, 0.05) is 12.5 Å². The summed E-state index contributed by atoms with van der Waals surface area (Å²) in [6.07, 6.45) is 7.32. The third-order valence-corrected chi connectivity index (χ3v) is 2.21. The van der Waals surface area contributed by atoms with Crippen molar-refractivity contribution in [2.75, 3.05) is 6.61 Å². The average Bonchev–Trinajstić information content (AvgIpc) is 2.15. The predicted molar refractivity (Wildman–Crippen MR) is 47.5 cm³/mol. The molecule has 0 aromatic rings. The Morgan fingerprint density at radius 2 is 2.50 bits per heavy atom. The monoisotopic (exact) mass is 165 g/mol. The van der Waals surface area contributed by atoms with Gasteiger partial charge in [0.25, 0.3) is 0 Å². The average molecular weight is 165 g/mol. The van der Waals surface area contributed by atoms with E-state index in [1.54, 1.807) is 0 Å². The summed E-state index contributed by atoms with van der Waals surface area (Å²) in [5, 5.41) is 8.81. The number of hydrogen-bond acceptors (Lipinski definition) is 2. The molecule has 0 fully saturated rings. The maximum atomic E-state index is 8.81. The van der Waals surface area contributed by atoms with Crippen LogP contribution in [-0.2, 0) is 4.74 Å². The van der Waals surface area contributed by atoms with Gasteiger partial charge in [0.2, 0.25) is 0 Å². The summed E-state index contributed by atoms with van der Waals surface area (Å²) >= 11 is 0. The van der Waals surface area contributed by atoms with Gasteiger partial charge in [-0.3, -0.25) is 0 Å². The van der Waals surface area contributed by atoms with E-state index in [0.717, 1.165) is 19.3 Å². The first kappa shape index (κ1) is 9.28. The van der Waals surface area contributed by atoms with Gasteiger partial charge in [0.1, 0.15) is 6.10 Å². The van der Waals surface area contributed by atoms with Crippen LogP contribution in [0.3, 0.4) is 0 Å². The first-order valence-electron chi connectivity index (χ1n) is 4.54. The highest BCUT2D eigenvalue weighted by Crippen LogP contribution is 2.23. The van der Waals surface area contributed by atoms with Gasteiger partial charge in [-0.1, -0.05) is 12.2 Å². The van der Waals surface area contributed by atoms with E-state index in [1.165, 1.54) is 0 Å². The van der Waals surface area contributed by atoms with Crippen molar-refractivity contribution in [2.24, 2.45) is 5.92 Å². The van der Waals surface area contributed by atoms with Crippen LogP contribution in [0.1, 0.15) is 26.2 Å². The maximum Gasteiger partial charge on any atom is 0.147 e. The van der Waals surface area contributed by atoms with Gasteiger partial charge in [-0.25, -0.2) is 0 Å². The molecule has 1 rings (SSSR count). The van der Waals surface area contributed by atoms with E-state index < -0.39 is 0 Å². The van der Waals surface area contributed by atoms with E-state index in [0.29, 0.717) is 12.5 Å². The molecule has 0 aromatic heterocycles. The van der Waals surface area contributed by atoms with Crippen molar-refractivity contribution < 1.29 is 4.74 Å². The molecule has 2 atom stereocenters. The van der Waals surface area contributed by atoms with Gasteiger partial charge in [-0.2, -0.15) is 5.26 Å². The Labute approximate surface area is 73.8 Å². The minimum atomic E-state index is -0.194. The number of hydrogen-bond donors (Lipinski definition) is 0. The topological polar surface area (TPSA) is 33.0 Å². The van der Waals surface area contributed by atoms with Crippen LogP contribution in [-0.4, -0.2) is 12.7 Å². The van der Waals surface area contributed by atoms with Crippen LogP contribution >= 0.6 is 0 Å². The Kier molecular flexibility index (Phi) is 3.83. The Balaban J connectivity index is 2.43. The molecule has 0 heterocycles. The number of nitrogens with zero attached hydrogens (tertiary/aromatic N) is 1. The second-order valence-corrected chi connectivity index (χ2v) is 3.05. The maximum absolute atomic E-state index is 8.81. The summed E-state index contributed by atoms with van der Waals surface area (Å²) in [7, 11) is 0. The highest BCUT2D eigenvalue weighted by molar-refractivity contribution is 4.98. The van der Waals surface area contributed by atoms with E-state index in [9.17, 15) is 0 Å². The van der Waals surface area contributed by atoms with Crippen LogP contribution in [0, 0.1) is 17.2 Å². The summed E-state index contributed by atoms with van der Waals surface area (Å²) in [6.45, 7) is 2.57. The lowest BCUT2D eigenvalue weighted by atomic mass is 9.90. The standard InChI is InChI=1S/C10H15NO/c1-2-12-10(8-11)9-6-4-3-5-7-9/h3-4,9-10H,2,5-7H2,1H3. The predicted octanol–water partition coefficient (Wildman–Crippen LogP) is 2.27. The lowest BCUT2D eigenvalue weighted by Gasteiger charge is -2.22. The first-order valence-corrected chi connectivity index (χ1v) is 4.54. The largest absolute Gasteiger partial charge is 0.363 e. The van der Waals surface area contributed by atoms with Crippen molar-refractivity contribution in [1.82, 2.24) is 0 Å². The highest BCUT2D eigenvalue weighted by Gasteiger charge is 2.21. The summed E-state index contributed by atoms with van der Waals surface area (Å²) in [5.41, 5.74) is 0. The molecule has 2 unspecified atom stereocenters. The van der Waals surface area contributed by atoms with Gasteiger partial charge in [-0.15, -0.1) is 0 Å². The Bertz CT molecular complexity index is 193. The van der Waals surface area contributed by atoms with Crippen LogP contribution in [0.4, 0.5) is 0 Å². The Morgan fingerprint density at radius 3 is 3.00 bits per heavy atom. The third kappa shape index (κ3) is 2.35. The quantitative estimate of drug-likeness (QED) is 0.601. The summed E-state index contributed by atoms with van der Waals surface area (Å²) < 4.78 is 5.34. The zero-order valence-corrected chi connectivity index (χ0v) is 7.49. The van der Waals surface area contributed by atoms with E-state index in [2.05, 4.69) is 18.2 Å². The number of ether oxygens (including phenoxy) is 1. The second kappa shape index (κ2) is 4.95. The molecule has 1 aliphatic carbocycles. The van der Waals surface area contributed by atoms with E-state index in [-0.39, 0.29) is 6.10 Å². The molecule has 66 valence electrons. The molecule has 0 saturated carbocycles. The number of allylic oxidation sites excluding steroid dienone is 2. The van der Waals surface area contributed by atoms with Gasteiger partial charge >= 0.3 is 0 Å². The molecular weight excluding hydrogens is 150 g/mol. The zero-order valence-electron chi connectivity index (χ0n) is 7.49. The molecule has 0 radical (unpaired) electrons. The molecule has 1 aliphatic rings. The van der Waals surface area contributed by atoms with E-state index in [1.807, 2.05) is 6.92 Å². The molecule has 12 heavy (non-hydrogen) atoms. The molecule has 0 aromatic carbocycles. The lowest BCUT2D eigenvalue weighted by molar-refractivity contribution is 0.0554. The van der Waals surface area contributed by atoms with Crippen LogP contribution in [0.5, 0.6) is 0 Å². The van der Waals surface area contributed by atoms with Crippen molar-refractivity contribution in [3.63, 3.8) is 0 Å². The zero-order chi connectivity index (χ0) is 8.81. The lowest BCUT2D eigenvalue weighted by Crippen LogP contribution is -2.23. The SMILES string of the molecule is CCOC(C#N)C1CC=CCC1. The van der Waals surface area contributed by atoms with Crippen molar-refractivity contribution in [3.8, 4) is 6.07 Å². The van der Waals surface area contributed by atoms with E-state index >= 15 is 0 Å².